The molecule has 2 atom stereocenters. The Kier molecular flexibility index (Phi) is 7.59. The second-order valence-electron chi connectivity index (χ2n) is 8.58. The summed E-state index contributed by atoms with van der Waals surface area (Å²) in [6.45, 7) is 8.94. The standard InChI is InChI=1S/C21H32ClN3O3S/c1-16-6-5-11-25(15-16)29(27,28)20-12-18(7-8-19(20)22)21(26)23-13-17(2)14-24-9-3-4-10-24/h7-8,12,16-17H,3-6,9-11,13-15H2,1-2H3,(H,23,26). The molecule has 1 aromatic carbocycles. The predicted octanol–water partition coefficient (Wildman–Crippen LogP) is 3.22. The first-order valence-corrected chi connectivity index (χ1v) is 12.4. The van der Waals surface area contributed by atoms with Gasteiger partial charge in [-0.2, -0.15) is 4.31 Å². The van der Waals surface area contributed by atoms with E-state index in [4.69, 9.17) is 11.6 Å². The Labute approximate surface area is 179 Å². The van der Waals surface area contributed by atoms with E-state index in [2.05, 4.69) is 24.1 Å². The smallest absolute Gasteiger partial charge is 0.251 e. The van der Waals surface area contributed by atoms with Crippen molar-refractivity contribution in [2.45, 2.75) is 44.4 Å². The molecule has 8 heteroatoms. The number of hydrogen-bond donors (Lipinski definition) is 1. The summed E-state index contributed by atoms with van der Waals surface area (Å²) in [7, 11) is -3.71. The highest BCUT2D eigenvalue weighted by molar-refractivity contribution is 7.89. The first-order valence-electron chi connectivity index (χ1n) is 10.6. The lowest BCUT2D eigenvalue weighted by Crippen LogP contribution is -2.39. The van der Waals surface area contributed by atoms with E-state index < -0.39 is 10.0 Å². The van der Waals surface area contributed by atoms with E-state index in [1.54, 1.807) is 6.07 Å². The van der Waals surface area contributed by atoms with Gasteiger partial charge in [-0.05, 0) is 68.8 Å². The number of amides is 1. The number of carbonyl (C=O) groups is 1. The summed E-state index contributed by atoms with van der Waals surface area (Å²) in [6, 6.07) is 4.50. The molecule has 1 aromatic rings. The average Bonchev–Trinajstić information content (AvgIpc) is 3.19. The van der Waals surface area contributed by atoms with Crippen molar-refractivity contribution in [1.82, 2.24) is 14.5 Å². The largest absolute Gasteiger partial charge is 0.352 e. The zero-order valence-corrected chi connectivity index (χ0v) is 18.9. The lowest BCUT2D eigenvalue weighted by atomic mass is 10.0. The maximum absolute atomic E-state index is 13.1. The summed E-state index contributed by atoms with van der Waals surface area (Å²) < 4.78 is 27.7. The van der Waals surface area contributed by atoms with Crippen LogP contribution < -0.4 is 5.32 Å². The zero-order valence-electron chi connectivity index (χ0n) is 17.4. The minimum Gasteiger partial charge on any atom is -0.352 e. The van der Waals surface area contributed by atoms with Crippen LogP contribution in [-0.2, 0) is 10.0 Å². The van der Waals surface area contributed by atoms with E-state index >= 15 is 0 Å². The number of hydrogen-bond acceptors (Lipinski definition) is 4. The maximum Gasteiger partial charge on any atom is 0.251 e. The third-order valence-electron chi connectivity index (χ3n) is 5.81. The van der Waals surface area contributed by atoms with E-state index in [0.717, 1.165) is 32.5 Å². The Balaban J connectivity index is 1.66. The van der Waals surface area contributed by atoms with Crippen LogP contribution in [0, 0.1) is 11.8 Å². The molecule has 0 spiro atoms. The summed E-state index contributed by atoms with van der Waals surface area (Å²) in [6.07, 6.45) is 4.36. The quantitative estimate of drug-likeness (QED) is 0.705. The highest BCUT2D eigenvalue weighted by atomic mass is 35.5. The molecule has 2 aliphatic heterocycles. The lowest BCUT2D eigenvalue weighted by molar-refractivity contribution is 0.0945. The van der Waals surface area contributed by atoms with Gasteiger partial charge in [-0.15, -0.1) is 0 Å². The summed E-state index contributed by atoms with van der Waals surface area (Å²) in [4.78, 5) is 15.1. The molecule has 1 amide bonds. The van der Waals surface area contributed by atoms with E-state index in [0.29, 0.717) is 37.0 Å². The van der Waals surface area contributed by atoms with Gasteiger partial charge in [0.05, 0.1) is 5.02 Å². The van der Waals surface area contributed by atoms with Crippen LogP contribution in [0.4, 0.5) is 0 Å². The van der Waals surface area contributed by atoms with Crippen LogP contribution >= 0.6 is 11.6 Å². The van der Waals surface area contributed by atoms with E-state index in [1.807, 2.05) is 0 Å². The molecule has 0 aliphatic carbocycles. The fourth-order valence-electron chi connectivity index (χ4n) is 4.19. The molecule has 29 heavy (non-hydrogen) atoms. The van der Waals surface area contributed by atoms with Crippen molar-refractivity contribution in [2.24, 2.45) is 11.8 Å². The number of nitrogens with one attached hydrogen (secondary N) is 1. The number of nitrogens with zero attached hydrogens (tertiary/aromatic N) is 2. The Morgan fingerprint density at radius 2 is 1.97 bits per heavy atom. The second-order valence-corrected chi connectivity index (χ2v) is 10.9. The number of carbonyl (C=O) groups excluding carboxylic acids is 1. The third-order valence-corrected chi connectivity index (χ3v) is 8.16. The Bertz CT molecular complexity index is 824. The first kappa shape index (κ1) is 22.5. The van der Waals surface area contributed by atoms with E-state index in [-0.39, 0.29) is 15.8 Å². The average molecular weight is 442 g/mol. The van der Waals surface area contributed by atoms with E-state index in [9.17, 15) is 13.2 Å². The molecule has 2 saturated heterocycles. The van der Waals surface area contributed by atoms with Crippen LogP contribution in [0.1, 0.15) is 49.9 Å². The zero-order chi connectivity index (χ0) is 21.0. The van der Waals surface area contributed by atoms with Gasteiger partial charge in [0.2, 0.25) is 10.0 Å². The van der Waals surface area contributed by atoms with Crippen LogP contribution in [0.5, 0.6) is 0 Å². The molecule has 2 heterocycles. The predicted molar refractivity (Wildman–Crippen MR) is 116 cm³/mol. The second kappa shape index (κ2) is 9.77. The van der Waals surface area contributed by atoms with Crippen molar-refractivity contribution in [2.75, 3.05) is 39.3 Å². The Morgan fingerprint density at radius 3 is 2.66 bits per heavy atom. The maximum atomic E-state index is 13.1. The van der Waals surface area contributed by atoms with Gasteiger partial charge in [-0.3, -0.25) is 4.79 Å². The van der Waals surface area contributed by atoms with Crippen LogP contribution in [-0.4, -0.2) is 62.8 Å². The van der Waals surface area contributed by atoms with Crippen molar-refractivity contribution in [3.05, 3.63) is 28.8 Å². The molecule has 2 fully saturated rings. The van der Waals surface area contributed by atoms with Crippen LogP contribution in [0.25, 0.3) is 0 Å². The molecule has 6 nitrogen and oxygen atoms in total. The minimum atomic E-state index is -3.71. The van der Waals surface area contributed by atoms with Crippen LogP contribution in [0.2, 0.25) is 5.02 Å². The third kappa shape index (κ3) is 5.72. The van der Waals surface area contributed by atoms with Gasteiger partial charge in [0.1, 0.15) is 4.90 Å². The van der Waals surface area contributed by atoms with Crippen LogP contribution in [0.15, 0.2) is 23.1 Å². The molecule has 0 radical (unpaired) electrons. The van der Waals surface area contributed by atoms with Gasteiger partial charge >= 0.3 is 0 Å². The van der Waals surface area contributed by atoms with Gasteiger partial charge in [0.25, 0.3) is 5.91 Å². The molecular formula is C21H32ClN3O3S. The van der Waals surface area contributed by atoms with Crippen LogP contribution in [0.3, 0.4) is 0 Å². The number of benzene rings is 1. The molecule has 0 saturated carbocycles. The summed E-state index contributed by atoms with van der Waals surface area (Å²) in [5.74, 6) is 0.390. The number of likely N-dealkylation sites (tertiary alicyclic amines) is 1. The van der Waals surface area contributed by atoms with Gasteiger partial charge < -0.3 is 10.2 Å². The van der Waals surface area contributed by atoms with Crippen molar-refractivity contribution in [1.29, 1.82) is 0 Å². The summed E-state index contributed by atoms with van der Waals surface area (Å²) >= 11 is 6.22. The topological polar surface area (TPSA) is 69.7 Å². The monoisotopic (exact) mass is 441 g/mol. The fraction of sp³-hybridized carbons (Fsp3) is 0.667. The minimum absolute atomic E-state index is 0.0195. The number of rotatable bonds is 7. The van der Waals surface area contributed by atoms with Crippen molar-refractivity contribution in [3.8, 4) is 0 Å². The molecule has 0 aromatic heterocycles. The van der Waals surface area contributed by atoms with Crippen molar-refractivity contribution < 1.29 is 13.2 Å². The molecule has 2 unspecified atom stereocenters. The molecule has 0 bridgehead atoms. The first-order chi connectivity index (χ1) is 13.8. The lowest BCUT2D eigenvalue weighted by Gasteiger charge is -2.30. The summed E-state index contributed by atoms with van der Waals surface area (Å²) in [5.41, 5.74) is 0.325. The fourth-order valence-corrected chi connectivity index (χ4v) is 6.28. The van der Waals surface area contributed by atoms with Crippen molar-refractivity contribution in [3.63, 3.8) is 0 Å². The number of halogens is 1. The molecule has 1 N–H and O–H groups in total. The Hall–Kier alpha value is -1.15. The molecule has 162 valence electrons. The molecular weight excluding hydrogens is 410 g/mol. The molecule has 2 aliphatic rings. The number of sulfonamides is 1. The van der Waals surface area contributed by atoms with Gasteiger partial charge in [0, 0.05) is 31.7 Å². The van der Waals surface area contributed by atoms with E-state index in [1.165, 1.54) is 29.3 Å². The highest BCUT2D eigenvalue weighted by Gasteiger charge is 2.31. The molecule has 3 rings (SSSR count). The van der Waals surface area contributed by atoms with Gasteiger partial charge in [-0.25, -0.2) is 8.42 Å². The Morgan fingerprint density at radius 1 is 1.24 bits per heavy atom. The number of piperidine rings is 1. The normalized spacial score (nSPS) is 22.5. The summed E-state index contributed by atoms with van der Waals surface area (Å²) in [5, 5.41) is 3.10. The van der Waals surface area contributed by atoms with Crippen molar-refractivity contribution >= 4 is 27.5 Å². The van der Waals surface area contributed by atoms with Gasteiger partial charge in [-0.1, -0.05) is 25.4 Å². The highest BCUT2D eigenvalue weighted by Crippen LogP contribution is 2.29. The SMILES string of the molecule is CC(CNC(=O)c1ccc(Cl)c(S(=O)(=O)N2CCCC(C)C2)c1)CN1CCCC1. The van der Waals surface area contributed by atoms with Gasteiger partial charge in [0.15, 0.2) is 0 Å².